The molecule has 0 bridgehead atoms. The van der Waals surface area contributed by atoms with Gasteiger partial charge in [0.2, 0.25) is 0 Å². The number of hydrogen-bond acceptors (Lipinski definition) is 5. The maximum atomic E-state index is 10.7. The van der Waals surface area contributed by atoms with Crippen molar-refractivity contribution >= 4 is 28.7 Å². The van der Waals surface area contributed by atoms with E-state index >= 15 is 0 Å². The van der Waals surface area contributed by atoms with E-state index in [1.165, 1.54) is 31.4 Å². The molecular formula is C18H22N4O3S. The molecule has 0 amide bonds. The van der Waals surface area contributed by atoms with Crippen LogP contribution in [0.5, 0.6) is 0 Å². The van der Waals surface area contributed by atoms with Crippen molar-refractivity contribution in [2.24, 2.45) is 0 Å². The Morgan fingerprint density at radius 2 is 1.96 bits per heavy atom. The van der Waals surface area contributed by atoms with E-state index in [2.05, 4.69) is 15.5 Å². The van der Waals surface area contributed by atoms with Crippen LogP contribution in [0.2, 0.25) is 0 Å². The van der Waals surface area contributed by atoms with Crippen LogP contribution in [0.25, 0.3) is 0 Å². The lowest BCUT2D eigenvalue weighted by Crippen LogP contribution is -2.41. The zero-order chi connectivity index (χ0) is 18.4. The highest BCUT2D eigenvalue weighted by molar-refractivity contribution is 7.80. The smallest absolute Gasteiger partial charge is 0.269 e. The Kier molecular flexibility index (Phi) is 6.19. The Balaban J connectivity index is 1.57. The lowest BCUT2D eigenvalue weighted by molar-refractivity contribution is -0.384. The summed E-state index contributed by atoms with van der Waals surface area (Å²) < 4.78 is 5.63. The number of likely N-dealkylation sites (tertiary alicyclic amines) is 1. The summed E-state index contributed by atoms with van der Waals surface area (Å²) in [6.07, 6.45) is 5.36. The van der Waals surface area contributed by atoms with Gasteiger partial charge in [0.15, 0.2) is 5.11 Å². The maximum Gasteiger partial charge on any atom is 0.269 e. The minimum absolute atomic E-state index is 0.0532. The number of benzene rings is 1. The zero-order valence-electron chi connectivity index (χ0n) is 14.4. The number of rotatable bonds is 6. The standard InChI is InChI=1S/C18H22N4O3S/c23-22(24)15-8-6-14(7-9-15)20-18(26)19-13-16(17-5-4-12-25-17)21-10-2-1-3-11-21/h4-9,12,16H,1-3,10-11,13H2,(H2,19,20,26)/t16-/m1/s1. The molecule has 7 nitrogen and oxygen atoms in total. The Hall–Kier alpha value is -2.45. The van der Waals surface area contributed by atoms with Crippen LogP contribution in [-0.4, -0.2) is 34.6 Å². The normalized spacial score (nSPS) is 16.0. The number of nitro groups is 1. The van der Waals surface area contributed by atoms with E-state index in [1.807, 2.05) is 12.1 Å². The van der Waals surface area contributed by atoms with Crippen molar-refractivity contribution < 1.29 is 9.34 Å². The molecule has 0 aliphatic carbocycles. The Morgan fingerprint density at radius 3 is 2.58 bits per heavy atom. The van der Waals surface area contributed by atoms with E-state index in [4.69, 9.17) is 16.6 Å². The predicted octanol–water partition coefficient (Wildman–Crippen LogP) is 3.70. The molecule has 2 heterocycles. The van der Waals surface area contributed by atoms with E-state index in [9.17, 15) is 10.1 Å². The first-order valence-corrected chi connectivity index (χ1v) is 9.11. The fourth-order valence-electron chi connectivity index (χ4n) is 3.15. The van der Waals surface area contributed by atoms with Gasteiger partial charge in [-0.1, -0.05) is 6.42 Å². The average Bonchev–Trinajstić information content (AvgIpc) is 3.17. The van der Waals surface area contributed by atoms with Gasteiger partial charge in [-0.3, -0.25) is 15.0 Å². The molecule has 3 rings (SSSR count). The van der Waals surface area contributed by atoms with E-state index in [-0.39, 0.29) is 11.7 Å². The largest absolute Gasteiger partial charge is 0.468 e. The first-order valence-electron chi connectivity index (χ1n) is 8.70. The maximum absolute atomic E-state index is 10.7. The number of anilines is 1. The minimum Gasteiger partial charge on any atom is -0.468 e. The van der Waals surface area contributed by atoms with Gasteiger partial charge in [0.1, 0.15) is 5.76 Å². The summed E-state index contributed by atoms with van der Waals surface area (Å²) >= 11 is 5.36. The van der Waals surface area contributed by atoms with Crippen LogP contribution in [-0.2, 0) is 0 Å². The van der Waals surface area contributed by atoms with Crippen molar-refractivity contribution in [2.75, 3.05) is 25.0 Å². The summed E-state index contributed by atoms with van der Waals surface area (Å²) in [6, 6.07) is 10.2. The van der Waals surface area contributed by atoms with E-state index in [0.29, 0.717) is 17.3 Å². The van der Waals surface area contributed by atoms with Crippen molar-refractivity contribution in [3.8, 4) is 0 Å². The molecular weight excluding hydrogens is 352 g/mol. The molecule has 1 aromatic heterocycles. The highest BCUT2D eigenvalue weighted by atomic mass is 32.1. The third-order valence-electron chi connectivity index (χ3n) is 4.49. The Morgan fingerprint density at radius 1 is 1.23 bits per heavy atom. The molecule has 2 N–H and O–H groups in total. The van der Waals surface area contributed by atoms with Crippen LogP contribution in [0.3, 0.4) is 0 Å². The first-order chi connectivity index (χ1) is 12.6. The van der Waals surface area contributed by atoms with Crippen LogP contribution in [0.1, 0.15) is 31.1 Å². The summed E-state index contributed by atoms with van der Waals surface area (Å²) in [6.45, 7) is 2.73. The Labute approximate surface area is 157 Å². The molecule has 1 aromatic carbocycles. The second kappa shape index (κ2) is 8.77. The van der Waals surface area contributed by atoms with Crippen LogP contribution < -0.4 is 10.6 Å². The number of piperidine rings is 1. The van der Waals surface area contributed by atoms with Crippen molar-refractivity contribution in [3.63, 3.8) is 0 Å². The minimum atomic E-state index is -0.424. The van der Waals surface area contributed by atoms with Crippen LogP contribution in [0.15, 0.2) is 47.1 Å². The van der Waals surface area contributed by atoms with Gasteiger partial charge >= 0.3 is 0 Å². The van der Waals surface area contributed by atoms with Crippen molar-refractivity contribution in [2.45, 2.75) is 25.3 Å². The summed E-state index contributed by atoms with van der Waals surface area (Å²) in [5.74, 6) is 0.928. The molecule has 138 valence electrons. The van der Waals surface area contributed by atoms with E-state index in [1.54, 1.807) is 18.4 Å². The molecule has 0 spiro atoms. The highest BCUT2D eigenvalue weighted by Gasteiger charge is 2.24. The predicted molar refractivity (Wildman–Crippen MR) is 104 cm³/mol. The van der Waals surface area contributed by atoms with E-state index < -0.39 is 4.92 Å². The molecule has 0 saturated carbocycles. The van der Waals surface area contributed by atoms with Crippen LogP contribution in [0, 0.1) is 10.1 Å². The van der Waals surface area contributed by atoms with Gasteiger partial charge in [-0.2, -0.15) is 0 Å². The monoisotopic (exact) mass is 374 g/mol. The Bertz CT molecular complexity index is 727. The fourth-order valence-corrected chi connectivity index (χ4v) is 3.35. The molecule has 1 aliphatic rings. The van der Waals surface area contributed by atoms with Gasteiger partial charge in [-0.05, 0) is 62.4 Å². The third kappa shape index (κ3) is 4.80. The third-order valence-corrected chi connectivity index (χ3v) is 4.74. The number of nitrogens with one attached hydrogen (secondary N) is 2. The van der Waals surface area contributed by atoms with Crippen molar-refractivity contribution in [1.82, 2.24) is 10.2 Å². The number of thiocarbonyl (C=S) groups is 1. The van der Waals surface area contributed by atoms with E-state index in [0.717, 1.165) is 18.8 Å². The number of nitro benzene ring substituents is 1. The molecule has 0 unspecified atom stereocenters. The zero-order valence-corrected chi connectivity index (χ0v) is 15.2. The number of nitrogens with zero attached hydrogens (tertiary/aromatic N) is 2. The van der Waals surface area contributed by atoms with Gasteiger partial charge in [0, 0.05) is 24.4 Å². The first kappa shape index (κ1) is 18.3. The molecule has 26 heavy (non-hydrogen) atoms. The van der Waals surface area contributed by atoms with Gasteiger partial charge in [0.05, 0.1) is 17.2 Å². The number of furan rings is 1. The number of non-ortho nitro benzene ring substituents is 1. The quantitative estimate of drug-likeness (QED) is 0.453. The van der Waals surface area contributed by atoms with Crippen molar-refractivity contribution in [1.29, 1.82) is 0 Å². The molecule has 1 atom stereocenters. The van der Waals surface area contributed by atoms with Crippen molar-refractivity contribution in [3.05, 3.63) is 58.5 Å². The molecule has 0 radical (unpaired) electrons. The van der Waals surface area contributed by atoms with Gasteiger partial charge in [-0.15, -0.1) is 0 Å². The molecule has 1 saturated heterocycles. The average molecular weight is 374 g/mol. The van der Waals surface area contributed by atoms with Crippen LogP contribution in [0.4, 0.5) is 11.4 Å². The molecule has 2 aromatic rings. The summed E-state index contributed by atoms with van der Waals surface area (Å²) in [4.78, 5) is 12.7. The van der Waals surface area contributed by atoms with Crippen LogP contribution >= 0.6 is 12.2 Å². The van der Waals surface area contributed by atoms with Gasteiger partial charge < -0.3 is 15.1 Å². The topological polar surface area (TPSA) is 83.6 Å². The summed E-state index contributed by atoms with van der Waals surface area (Å²) in [5, 5.41) is 17.5. The lowest BCUT2D eigenvalue weighted by Gasteiger charge is -2.33. The highest BCUT2D eigenvalue weighted by Crippen LogP contribution is 2.24. The fraction of sp³-hybridized carbons (Fsp3) is 0.389. The molecule has 1 fully saturated rings. The molecule has 1 aliphatic heterocycles. The van der Waals surface area contributed by atoms with Gasteiger partial charge in [-0.25, -0.2) is 0 Å². The second-order valence-electron chi connectivity index (χ2n) is 6.27. The molecule has 8 heteroatoms. The van der Waals surface area contributed by atoms with Gasteiger partial charge in [0.25, 0.3) is 5.69 Å². The summed E-state index contributed by atoms with van der Waals surface area (Å²) in [7, 11) is 0. The SMILES string of the molecule is O=[N+]([O-])c1ccc(NC(=S)NC[C@H](c2ccco2)N2CCCCC2)cc1. The number of hydrogen-bond donors (Lipinski definition) is 2. The lowest BCUT2D eigenvalue weighted by atomic mass is 10.1. The summed E-state index contributed by atoms with van der Waals surface area (Å²) in [5.41, 5.74) is 0.762. The second-order valence-corrected chi connectivity index (χ2v) is 6.68.